The third-order valence-corrected chi connectivity index (χ3v) is 14.0. The van der Waals surface area contributed by atoms with Crippen LogP contribution in [0.25, 0.3) is 11.1 Å². The number of sulfonamides is 1. The zero-order valence-corrected chi connectivity index (χ0v) is 42.1. The van der Waals surface area contributed by atoms with Gasteiger partial charge in [-0.25, -0.2) is 17.9 Å². The van der Waals surface area contributed by atoms with Crippen LogP contribution in [0.5, 0.6) is 0 Å². The number of benzene rings is 4. The number of anilines is 1. The first-order valence-electron chi connectivity index (χ1n) is 24.2. The number of Topliss-reactive ketones (excluding diaryl/α,β-unsaturated/α-hetero) is 1. The number of ether oxygens (including phenoxy) is 6. The molecule has 2 aliphatic rings. The Hall–Kier alpha value is -5.68. The molecule has 4 aromatic rings. The van der Waals surface area contributed by atoms with Crippen molar-refractivity contribution in [2.45, 2.75) is 80.5 Å². The van der Waals surface area contributed by atoms with Crippen LogP contribution < -0.4 is 20.3 Å². The van der Waals surface area contributed by atoms with Crippen LogP contribution in [0, 0.1) is 5.92 Å². The minimum atomic E-state index is -3.84. The molecule has 1 aliphatic carbocycles. The van der Waals surface area contributed by atoms with Crippen LogP contribution >= 0.6 is 0 Å². The summed E-state index contributed by atoms with van der Waals surface area (Å²) in [6.45, 7) is 2.96. The van der Waals surface area contributed by atoms with Crippen LogP contribution in [0.2, 0.25) is 0 Å². The molecule has 2 amide bonds. The summed E-state index contributed by atoms with van der Waals surface area (Å²) in [5.74, 6) is -1.15. The van der Waals surface area contributed by atoms with Crippen molar-refractivity contribution in [3.05, 3.63) is 108 Å². The van der Waals surface area contributed by atoms with E-state index in [1.165, 1.54) is 19.2 Å². The van der Waals surface area contributed by atoms with Crippen molar-refractivity contribution in [2.75, 3.05) is 85.4 Å². The second kappa shape index (κ2) is 28.0. The predicted molar refractivity (Wildman–Crippen MR) is 269 cm³/mol. The number of unbranched alkanes of at least 4 members (excludes halogenated alkanes) is 1. The van der Waals surface area contributed by atoms with Crippen LogP contribution in [0.15, 0.2) is 112 Å². The Morgan fingerprint density at radius 3 is 2.01 bits per heavy atom. The molecule has 4 aromatic carbocycles. The average Bonchev–Trinajstić information content (AvgIpc) is 3.70. The van der Waals surface area contributed by atoms with Gasteiger partial charge in [0.25, 0.3) is 0 Å². The van der Waals surface area contributed by atoms with Crippen molar-refractivity contribution in [3.63, 3.8) is 0 Å². The lowest BCUT2D eigenvalue weighted by Gasteiger charge is -2.40. The maximum atomic E-state index is 13.6. The molecule has 0 bridgehead atoms. The number of amides is 2. The van der Waals surface area contributed by atoms with Gasteiger partial charge >= 0.3 is 6.09 Å². The molecule has 0 spiro atoms. The van der Waals surface area contributed by atoms with E-state index in [9.17, 15) is 33.0 Å². The molecule has 72 heavy (non-hydrogen) atoms. The lowest BCUT2D eigenvalue weighted by molar-refractivity contribution is -0.282. The number of alkyl carbamates (subject to hydrolysis) is 1. The first-order valence-corrected chi connectivity index (χ1v) is 25.7. The number of carbonyl (C=O) groups is 3. The van der Waals surface area contributed by atoms with Gasteiger partial charge in [-0.1, -0.05) is 55.5 Å². The molecule has 6 atom stereocenters. The summed E-state index contributed by atoms with van der Waals surface area (Å²) in [7, 11) is 1.42. The standard InChI is InChI=1S/C52H68N6O13S/c1-35-47(71-51(66-4)50(62)49(35)61)33-69-34-48(60)53-27-29-68-31-30-67-28-11-17-46(59)45(55-52(63)70-32-44-42-14-7-5-12-40(42)41-13-6-8-15-43(41)44)16-9-10-26-54-72(64,65)39-24-20-37(21-25-39)57-56-36-18-22-38(23-19-36)58(2)3/h5-8,12-15,18-25,35,44-45,47,49-51,54,61-62H,9-11,16-17,26-34H2,1-4H3,(H,53,60)(H,55,63)/t35-,45+,47?,49+,50?,51-/m1/s1. The molecular weight excluding hydrogens is 949 g/mol. The Kier molecular flexibility index (Phi) is 21.6. The number of nitrogens with zero attached hydrogens (tertiary/aromatic N) is 3. The highest BCUT2D eigenvalue weighted by atomic mass is 32.2. The Bertz CT molecular complexity index is 2450. The van der Waals surface area contributed by atoms with E-state index in [0.29, 0.717) is 30.6 Å². The Morgan fingerprint density at radius 1 is 0.750 bits per heavy atom. The first-order chi connectivity index (χ1) is 34.7. The third-order valence-electron chi connectivity index (χ3n) is 12.5. The topological polar surface area (TPSA) is 245 Å². The van der Waals surface area contributed by atoms with Gasteiger partial charge in [0.15, 0.2) is 12.1 Å². The molecule has 2 unspecified atom stereocenters. The van der Waals surface area contributed by atoms with E-state index in [4.69, 9.17) is 28.4 Å². The van der Waals surface area contributed by atoms with E-state index in [-0.39, 0.29) is 94.7 Å². The Morgan fingerprint density at radius 2 is 1.38 bits per heavy atom. The highest BCUT2D eigenvalue weighted by Gasteiger charge is 2.42. The summed E-state index contributed by atoms with van der Waals surface area (Å²) >= 11 is 0. The van der Waals surface area contributed by atoms with Crippen molar-refractivity contribution in [1.29, 1.82) is 0 Å². The van der Waals surface area contributed by atoms with E-state index >= 15 is 0 Å². The summed E-state index contributed by atoms with van der Waals surface area (Å²) in [5, 5.41) is 34.2. The summed E-state index contributed by atoms with van der Waals surface area (Å²) < 4.78 is 62.1. The molecule has 390 valence electrons. The van der Waals surface area contributed by atoms with Gasteiger partial charge in [0.1, 0.15) is 19.3 Å². The van der Waals surface area contributed by atoms with Gasteiger partial charge in [-0.05, 0) is 96.5 Å². The number of rotatable bonds is 29. The fourth-order valence-corrected chi connectivity index (χ4v) is 9.44. The van der Waals surface area contributed by atoms with E-state index in [1.807, 2.05) is 79.7 Å². The molecule has 19 nitrogen and oxygen atoms in total. The van der Waals surface area contributed by atoms with Crippen molar-refractivity contribution < 1.29 is 61.4 Å². The number of aliphatic hydroxyl groups excluding tert-OH is 2. The third kappa shape index (κ3) is 16.2. The van der Waals surface area contributed by atoms with Crippen molar-refractivity contribution in [1.82, 2.24) is 15.4 Å². The van der Waals surface area contributed by atoms with Crippen molar-refractivity contribution in [2.24, 2.45) is 16.1 Å². The minimum Gasteiger partial charge on any atom is -0.449 e. The zero-order valence-electron chi connectivity index (χ0n) is 41.3. The van der Waals surface area contributed by atoms with Crippen LogP contribution in [0.3, 0.4) is 0 Å². The van der Waals surface area contributed by atoms with E-state index in [2.05, 4.69) is 37.7 Å². The highest BCUT2D eigenvalue weighted by molar-refractivity contribution is 7.89. The second-order valence-electron chi connectivity index (χ2n) is 17.8. The lowest BCUT2D eigenvalue weighted by Crippen LogP contribution is -2.55. The average molecular weight is 1020 g/mol. The smallest absolute Gasteiger partial charge is 0.407 e. The van der Waals surface area contributed by atoms with E-state index < -0.39 is 52.7 Å². The fraction of sp³-hybridized carbons (Fsp3) is 0.481. The van der Waals surface area contributed by atoms with Gasteiger partial charge < -0.3 is 54.2 Å². The van der Waals surface area contributed by atoms with Gasteiger partial charge in [-0.2, -0.15) is 10.2 Å². The number of aliphatic hydroxyl groups is 2. The number of fused-ring (bicyclic) bond motifs is 3. The highest BCUT2D eigenvalue weighted by Crippen LogP contribution is 2.44. The molecule has 1 heterocycles. The normalized spacial score (nSPS) is 19.1. The van der Waals surface area contributed by atoms with Gasteiger partial charge in [-0.15, -0.1) is 0 Å². The number of ketones is 1. The number of carbonyl (C=O) groups excluding carboxylic acids is 3. The minimum absolute atomic E-state index is 0.0293. The molecular formula is C52H68N6O13S. The molecule has 0 radical (unpaired) electrons. The largest absolute Gasteiger partial charge is 0.449 e. The monoisotopic (exact) mass is 1020 g/mol. The van der Waals surface area contributed by atoms with Gasteiger partial charge in [0.05, 0.1) is 60.9 Å². The lowest BCUT2D eigenvalue weighted by atomic mass is 9.91. The van der Waals surface area contributed by atoms with E-state index in [0.717, 1.165) is 27.9 Å². The zero-order chi connectivity index (χ0) is 51.5. The number of azo groups is 1. The predicted octanol–water partition coefficient (Wildman–Crippen LogP) is 5.77. The molecule has 1 aliphatic heterocycles. The summed E-state index contributed by atoms with van der Waals surface area (Å²) in [6.07, 6.45) is -2.91. The Balaban J connectivity index is 0.902. The number of hydrogen-bond donors (Lipinski definition) is 5. The van der Waals surface area contributed by atoms with Crippen molar-refractivity contribution in [3.8, 4) is 11.1 Å². The van der Waals surface area contributed by atoms with Crippen LogP contribution in [-0.2, 0) is 48.0 Å². The van der Waals surface area contributed by atoms with Crippen LogP contribution in [0.1, 0.15) is 56.1 Å². The van der Waals surface area contributed by atoms with Crippen molar-refractivity contribution >= 4 is 44.9 Å². The quantitative estimate of drug-likeness (QED) is 0.0321. The summed E-state index contributed by atoms with van der Waals surface area (Å²) in [4.78, 5) is 41.2. The molecule has 6 rings (SSSR count). The molecule has 5 N–H and O–H groups in total. The first kappa shape index (κ1) is 55.6. The molecule has 0 aromatic heterocycles. The maximum Gasteiger partial charge on any atom is 0.407 e. The second-order valence-corrected chi connectivity index (χ2v) is 19.6. The number of methoxy groups -OCH3 is 1. The van der Waals surface area contributed by atoms with Crippen LogP contribution in [-0.4, -0.2) is 148 Å². The molecule has 0 saturated carbocycles. The maximum absolute atomic E-state index is 13.6. The Labute approximate surface area is 421 Å². The number of nitrogens with one attached hydrogen (secondary N) is 3. The van der Waals surface area contributed by atoms with Gasteiger partial charge in [-0.3, -0.25) is 9.59 Å². The van der Waals surface area contributed by atoms with E-state index in [1.54, 1.807) is 19.1 Å². The van der Waals surface area contributed by atoms with Crippen LogP contribution in [0.4, 0.5) is 21.9 Å². The molecule has 20 heteroatoms. The molecule has 1 fully saturated rings. The SMILES string of the molecule is CO[C@@H]1OC(COCC(=O)NCCOCCOCCCC(=O)[C@H](CCCCNS(=O)(=O)c2ccc(N=Nc3ccc(N(C)C)cc3)cc2)NC(=O)OCC2c3ccccc3-c3ccccc32)[C@@H](C)[C@H](O)C1O. The summed E-state index contributed by atoms with van der Waals surface area (Å²) in [5.41, 5.74) is 6.50. The van der Waals surface area contributed by atoms with Gasteiger partial charge in [0.2, 0.25) is 15.9 Å². The molecule has 1 saturated heterocycles. The number of hydrogen-bond acceptors (Lipinski definition) is 16. The fourth-order valence-electron chi connectivity index (χ4n) is 8.36. The van der Waals surface area contributed by atoms with Gasteiger partial charge in [0, 0.05) is 64.8 Å². The summed E-state index contributed by atoms with van der Waals surface area (Å²) in [6, 6.07) is 28.8.